The van der Waals surface area contributed by atoms with Crippen LogP contribution < -0.4 is 4.74 Å². The molecule has 1 aromatic heterocycles. The number of ether oxygens (including phenoxy) is 2. The van der Waals surface area contributed by atoms with E-state index in [1.54, 1.807) is 0 Å². The van der Waals surface area contributed by atoms with Crippen LogP contribution in [0.5, 0.6) is 5.88 Å². The van der Waals surface area contributed by atoms with Crippen LogP contribution in [0, 0.1) is 0 Å². The molecule has 0 saturated carbocycles. The number of hydrogen-bond donors (Lipinski definition) is 0. The summed E-state index contributed by atoms with van der Waals surface area (Å²) < 4.78 is 45.6. The van der Waals surface area contributed by atoms with Gasteiger partial charge >= 0.3 is 12.1 Å². The minimum atomic E-state index is -4.49. The Morgan fingerprint density at radius 1 is 1.42 bits per heavy atom. The van der Waals surface area contributed by atoms with Crippen LogP contribution in [-0.4, -0.2) is 30.3 Å². The molecule has 0 aliphatic heterocycles. The summed E-state index contributed by atoms with van der Waals surface area (Å²) in [7, 11) is 0. The molecule has 0 aliphatic rings. The van der Waals surface area contributed by atoms with Crippen LogP contribution in [0.1, 0.15) is 30.1 Å². The predicted octanol–water partition coefficient (Wildman–Crippen LogP) is 2.98. The molecule has 19 heavy (non-hydrogen) atoms. The number of hydrogen-bond acceptors (Lipinski definition) is 4. The Morgan fingerprint density at radius 3 is 2.79 bits per heavy atom. The van der Waals surface area contributed by atoms with Crippen molar-refractivity contribution in [3.05, 3.63) is 23.9 Å². The molecule has 0 fully saturated rings. The summed E-state index contributed by atoms with van der Waals surface area (Å²) in [6.45, 7) is 0.637. The van der Waals surface area contributed by atoms with E-state index in [1.807, 2.05) is 6.92 Å². The second-order valence-electron chi connectivity index (χ2n) is 3.75. The number of nitrogens with zero attached hydrogens (tertiary/aromatic N) is 1. The van der Waals surface area contributed by atoms with Gasteiger partial charge in [0.05, 0.1) is 6.61 Å². The third-order valence-corrected chi connectivity index (χ3v) is 2.09. The van der Waals surface area contributed by atoms with Crippen molar-refractivity contribution >= 4 is 5.97 Å². The van der Waals surface area contributed by atoms with Gasteiger partial charge in [-0.1, -0.05) is 13.3 Å². The maximum Gasteiger partial charge on any atom is 0.422 e. The molecule has 4 nitrogen and oxygen atoms in total. The molecule has 0 unspecified atom stereocenters. The van der Waals surface area contributed by atoms with Gasteiger partial charge in [-0.05, 0) is 18.6 Å². The lowest BCUT2D eigenvalue weighted by Gasteiger charge is -2.11. The highest BCUT2D eigenvalue weighted by molar-refractivity contribution is 5.91. The minimum Gasteiger partial charge on any atom is -0.467 e. The van der Waals surface area contributed by atoms with Gasteiger partial charge in [0, 0.05) is 6.20 Å². The molecule has 1 heterocycles. The van der Waals surface area contributed by atoms with Crippen molar-refractivity contribution < 1.29 is 27.4 Å². The van der Waals surface area contributed by atoms with E-state index >= 15 is 0 Å². The molecule has 0 spiro atoms. The number of alkyl halides is 3. The molecule has 7 heteroatoms. The number of esters is 1. The number of carbonyl (C=O) groups excluding carboxylic acids is 1. The van der Waals surface area contributed by atoms with Gasteiger partial charge in [-0.25, -0.2) is 9.78 Å². The van der Waals surface area contributed by atoms with Crippen molar-refractivity contribution in [1.29, 1.82) is 0 Å². The fraction of sp³-hybridized carbons (Fsp3) is 0.500. The van der Waals surface area contributed by atoms with Crippen molar-refractivity contribution in [1.82, 2.24) is 4.98 Å². The SMILES string of the molecule is CCCCOC(=O)c1cccnc1OCC(F)(F)F. The molecule has 0 aromatic carbocycles. The largest absolute Gasteiger partial charge is 0.467 e. The molecule has 1 rings (SSSR count). The van der Waals surface area contributed by atoms with Gasteiger partial charge < -0.3 is 9.47 Å². The molecular weight excluding hydrogens is 263 g/mol. The summed E-state index contributed by atoms with van der Waals surface area (Å²) in [6, 6.07) is 2.74. The fourth-order valence-electron chi connectivity index (χ4n) is 1.20. The van der Waals surface area contributed by atoms with Gasteiger partial charge in [-0.15, -0.1) is 0 Å². The molecule has 106 valence electrons. The smallest absolute Gasteiger partial charge is 0.422 e. The highest BCUT2D eigenvalue weighted by Crippen LogP contribution is 2.20. The number of carbonyl (C=O) groups is 1. The summed E-state index contributed by atoms with van der Waals surface area (Å²) in [5.74, 6) is -1.11. The second-order valence-corrected chi connectivity index (χ2v) is 3.75. The van der Waals surface area contributed by atoms with Crippen LogP contribution >= 0.6 is 0 Å². The fourth-order valence-corrected chi connectivity index (χ4v) is 1.20. The maximum atomic E-state index is 12.1. The Kier molecular flexibility index (Phi) is 5.59. The van der Waals surface area contributed by atoms with Gasteiger partial charge in [-0.2, -0.15) is 13.2 Å². The number of halogens is 3. The lowest BCUT2D eigenvalue weighted by atomic mass is 10.3. The third kappa shape index (κ3) is 5.58. The Hall–Kier alpha value is -1.79. The molecule has 0 N–H and O–H groups in total. The molecule has 0 amide bonds. The quantitative estimate of drug-likeness (QED) is 0.592. The zero-order chi connectivity index (χ0) is 14.3. The highest BCUT2D eigenvalue weighted by atomic mass is 19.4. The van der Waals surface area contributed by atoms with E-state index in [0.717, 1.165) is 6.42 Å². The van der Waals surface area contributed by atoms with Crippen LogP contribution in [0.25, 0.3) is 0 Å². The summed E-state index contributed by atoms with van der Waals surface area (Å²) >= 11 is 0. The van der Waals surface area contributed by atoms with Gasteiger partial charge in [-0.3, -0.25) is 0 Å². The zero-order valence-electron chi connectivity index (χ0n) is 10.4. The van der Waals surface area contributed by atoms with Crippen molar-refractivity contribution in [3.63, 3.8) is 0 Å². The Bertz CT molecular complexity index is 421. The molecule has 0 atom stereocenters. The first kappa shape index (κ1) is 15.3. The van der Waals surface area contributed by atoms with E-state index in [4.69, 9.17) is 4.74 Å². The van der Waals surface area contributed by atoms with Crippen LogP contribution in [0.2, 0.25) is 0 Å². The number of rotatable bonds is 6. The first-order chi connectivity index (χ1) is 8.94. The monoisotopic (exact) mass is 277 g/mol. The highest BCUT2D eigenvalue weighted by Gasteiger charge is 2.29. The van der Waals surface area contributed by atoms with Crippen LogP contribution in [0.3, 0.4) is 0 Å². The summed E-state index contributed by atoms with van der Waals surface area (Å²) in [6.07, 6.45) is -1.71. The maximum absolute atomic E-state index is 12.1. The lowest BCUT2D eigenvalue weighted by molar-refractivity contribution is -0.154. The van der Waals surface area contributed by atoms with Crippen LogP contribution in [0.15, 0.2) is 18.3 Å². The number of pyridine rings is 1. The summed E-state index contributed by atoms with van der Waals surface area (Å²) in [5.41, 5.74) is -0.108. The zero-order valence-corrected chi connectivity index (χ0v) is 10.4. The van der Waals surface area contributed by atoms with E-state index in [1.165, 1.54) is 18.3 Å². The number of aromatic nitrogens is 1. The number of unbranched alkanes of at least 4 members (excludes halogenated alkanes) is 1. The first-order valence-electron chi connectivity index (χ1n) is 5.75. The van der Waals surface area contributed by atoms with Gasteiger partial charge in [0.25, 0.3) is 0 Å². The van der Waals surface area contributed by atoms with Crippen LogP contribution in [0.4, 0.5) is 13.2 Å². The topological polar surface area (TPSA) is 48.4 Å². The van der Waals surface area contributed by atoms with Crippen molar-refractivity contribution in [2.45, 2.75) is 25.9 Å². The van der Waals surface area contributed by atoms with E-state index in [9.17, 15) is 18.0 Å². The molecule has 0 aliphatic carbocycles. The second kappa shape index (κ2) is 6.96. The van der Waals surface area contributed by atoms with Gasteiger partial charge in [0.2, 0.25) is 5.88 Å². The van der Waals surface area contributed by atoms with E-state index in [2.05, 4.69) is 9.72 Å². The average Bonchev–Trinajstić information content (AvgIpc) is 2.36. The minimum absolute atomic E-state index is 0.108. The lowest BCUT2D eigenvalue weighted by Crippen LogP contribution is -2.21. The normalized spacial score (nSPS) is 11.2. The Morgan fingerprint density at radius 2 is 2.16 bits per heavy atom. The van der Waals surface area contributed by atoms with Crippen molar-refractivity contribution in [2.75, 3.05) is 13.2 Å². The van der Waals surface area contributed by atoms with Gasteiger partial charge in [0.1, 0.15) is 5.56 Å². The summed E-state index contributed by atoms with van der Waals surface area (Å²) in [4.78, 5) is 15.2. The van der Waals surface area contributed by atoms with Gasteiger partial charge in [0.15, 0.2) is 6.61 Å². The predicted molar refractivity (Wildman–Crippen MR) is 61.0 cm³/mol. The van der Waals surface area contributed by atoms with E-state index < -0.39 is 18.8 Å². The Balaban J connectivity index is 2.69. The first-order valence-corrected chi connectivity index (χ1v) is 5.75. The van der Waals surface area contributed by atoms with Crippen molar-refractivity contribution in [2.24, 2.45) is 0 Å². The van der Waals surface area contributed by atoms with E-state index in [-0.39, 0.29) is 18.1 Å². The van der Waals surface area contributed by atoms with Crippen LogP contribution in [-0.2, 0) is 4.74 Å². The summed E-state index contributed by atoms with van der Waals surface area (Å²) in [5, 5.41) is 0. The van der Waals surface area contributed by atoms with E-state index in [0.29, 0.717) is 6.42 Å². The third-order valence-electron chi connectivity index (χ3n) is 2.09. The van der Waals surface area contributed by atoms with Crippen molar-refractivity contribution in [3.8, 4) is 5.88 Å². The standard InChI is InChI=1S/C12H14F3NO3/c1-2-3-7-18-11(17)9-5-4-6-16-10(9)19-8-12(13,14)15/h4-6H,2-3,7-8H2,1H3. The Labute approximate surface area is 108 Å². The molecule has 0 saturated heterocycles. The molecule has 0 bridgehead atoms. The molecular formula is C12H14F3NO3. The molecule has 1 aromatic rings. The average molecular weight is 277 g/mol. The molecule has 0 radical (unpaired) electrons.